The molecule has 0 atom stereocenters. The van der Waals surface area contributed by atoms with Crippen molar-refractivity contribution in [1.29, 1.82) is 0 Å². The summed E-state index contributed by atoms with van der Waals surface area (Å²) in [4.78, 5) is 9.20. The van der Waals surface area contributed by atoms with Crippen LogP contribution in [0.4, 0.5) is 4.79 Å². The molecular formula is CH2BaO3. The summed E-state index contributed by atoms with van der Waals surface area (Å²) in [7, 11) is 0. The second-order valence-electron chi connectivity index (χ2n) is 0.470. The first-order valence-corrected chi connectivity index (χ1v) is 3.60. The molecule has 0 aliphatic heterocycles. The van der Waals surface area contributed by atoms with Crippen LogP contribution in [0.25, 0.3) is 0 Å². The molecule has 0 amide bonds. The fraction of sp³-hybridized carbons (Fsp3) is 0. The third kappa shape index (κ3) is 4.84. The van der Waals surface area contributed by atoms with Gasteiger partial charge in [-0.1, -0.05) is 0 Å². The van der Waals surface area contributed by atoms with Crippen LogP contribution in [0, 0.1) is 0 Å². The van der Waals surface area contributed by atoms with Gasteiger partial charge in [-0.25, -0.2) is 0 Å². The first-order chi connectivity index (χ1) is 2.27. The van der Waals surface area contributed by atoms with E-state index >= 15 is 0 Å². The van der Waals surface area contributed by atoms with Crippen LogP contribution in [0.15, 0.2) is 0 Å². The Kier molecular flexibility index (Phi) is 3.56. The fourth-order valence-corrected chi connectivity index (χ4v) is 0. The first-order valence-electron chi connectivity index (χ1n) is 1.04. The Labute approximate surface area is 62.3 Å². The minimum atomic E-state index is -1.15. The summed E-state index contributed by atoms with van der Waals surface area (Å²) in [5.74, 6) is 0. The molecule has 0 saturated carbocycles. The topological polar surface area (TPSA) is 46.5 Å². The number of carbonyl (C=O) groups is 1. The Balaban J connectivity index is 2.85. The Morgan fingerprint density at radius 1 is 2.00 bits per heavy atom. The SMILES string of the molecule is O=C(O)[O][BaH]. The Morgan fingerprint density at radius 3 is 2.20 bits per heavy atom. The molecular weight excluding hydrogens is 197 g/mol. The van der Waals surface area contributed by atoms with E-state index in [2.05, 4.69) is 0.0568 Å². The van der Waals surface area contributed by atoms with Gasteiger partial charge in [0.15, 0.2) is 0 Å². The van der Waals surface area contributed by atoms with E-state index < -0.39 is 6.16 Å². The van der Waals surface area contributed by atoms with Gasteiger partial charge >= 0.3 is 63.3 Å². The number of carboxylic acid groups (broad SMARTS) is 1. The van der Waals surface area contributed by atoms with Gasteiger partial charge in [-0.05, 0) is 0 Å². The van der Waals surface area contributed by atoms with Gasteiger partial charge < -0.3 is 0 Å². The summed E-state index contributed by atoms with van der Waals surface area (Å²) in [5, 5.41) is 7.56. The zero-order valence-corrected chi connectivity index (χ0v) is 9.04. The molecule has 26 valence electrons. The Morgan fingerprint density at radius 2 is 2.20 bits per heavy atom. The van der Waals surface area contributed by atoms with E-state index in [4.69, 9.17) is 5.11 Å². The summed E-state index contributed by atoms with van der Waals surface area (Å²) in [5.41, 5.74) is 0. The van der Waals surface area contributed by atoms with Crippen molar-refractivity contribution in [2.45, 2.75) is 0 Å². The van der Waals surface area contributed by atoms with Gasteiger partial charge in [-0.15, -0.1) is 0 Å². The molecule has 0 heterocycles. The maximum atomic E-state index is 9.20. The monoisotopic (exact) mass is 200 g/mol. The summed E-state index contributed by atoms with van der Waals surface area (Å²) in [6.45, 7) is 0. The minimum absolute atomic E-state index is 0.221. The number of hydrogen-bond acceptors (Lipinski definition) is 2. The molecule has 0 fully saturated rings. The molecule has 0 unspecified atom stereocenters. The van der Waals surface area contributed by atoms with Crippen molar-refractivity contribution in [2.75, 3.05) is 0 Å². The van der Waals surface area contributed by atoms with Crippen LogP contribution < -0.4 is 0 Å². The zero-order chi connectivity index (χ0) is 4.28. The quantitative estimate of drug-likeness (QED) is 0.535. The van der Waals surface area contributed by atoms with Crippen LogP contribution in [-0.2, 0) is 0.0568 Å². The molecule has 3 nitrogen and oxygen atoms in total. The molecule has 1 N–H and O–H groups in total. The van der Waals surface area contributed by atoms with Crippen molar-refractivity contribution in [3.05, 3.63) is 0 Å². The van der Waals surface area contributed by atoms with Crippen molar-refractivity contribution in [1.82, 2.24) is 0 Å². The predicted molar refractivity (Wildman–Crippen MR) is 16.3 cm³/mol. The van der Waals surface area contributed by atoms with Gasteiger partial charge in [-0.3, -0.25) is 0 Å². The standard InChI is InChI=1S/CH2O3.Ba.H/c2-1(3)4;;/h(H2,2,3,4);;/q;+1;/p-1. The molecule has 0 rings (SSSR count). The molecule has 0 radical (unpaired) electrons. The normalized spacial score (nSPS) is 6.20. The van der Waals surface area contributed by atoms with Crippen LogP contribution in [0.1, 0.15) is 0 Å². The summed E-state index contributed by atoms with van der Waals surface area (Å²) in [6.07, 6.45) is -1.15. The number of hydrogen-bond donors (Lipinski definition) is 1. The average molecular weight is 199 g/mol. The second-order valence-corrected chi connectivity index (χ2v) is 1.75. The van der Waals surface area contributed by atoms with E-state index in [0.717, 1.165) is 0 Å². The van der Waals surface area contributed by atoms with E-state index in [1.807, 2.05) is 0 Å². The molecule has 0 aromatic rings. The molecule has 5 heavy (non-hydrogen) atoms. The molecule has 0 aromatic carbocycles. The van der Waals surface area contributed by atoms with E-state index in [-0.39, 0.29) is 47.2 Å². The van der Waals surface area contributed by atoms with Crippen molar-refractivity contribution in [3.8, 4) is 0 Å². The molecule has 0 spiro atoms. The van der Waals surface area contributed by atoms with Crippen LogP contribution in [-0.4, -0.2) is 58.5 Å². The Bertz CT molecular complexity index is 42.2. The second kappa shape index (κ2) is 3.05. The maximum absolute atomic E-state index is 9.20. The molecule has 0 aliphatic carbocycles. The fourth-order valence-electron chi connectivity index (χ4n) is 0. The third-order valence-electron chi connectivity index (χ3n) is 0.175. The van der Waals surface area contributed by atoms with Gasteiger partial charge in [0, 0.05) is 0 Å². The van der Waals surface area contributed by atoms with Crippen molar-refractivity contribution in [2.24, 2.45) is 0 Å². The predicted octanol–water partition coefficient (Wildman–Crippen LogP) is -0.503. The molecule has 0 saturated heterocycles. The van der Waals surface area contributed by atoms with Crippen molar-refractivity contribution >= 4 is 53.4 Å². The van der Waals surface area contributed by atoms with Crippen LogP contribution in [0.3, 0.4) is 0 Å². The first kappa shape index (κ1) is 5.84. The molecule has 0 aliphatic rings. The summed E-state index contributed by atoms with van der Waals surface area (Å²) < 4.78 is 3.89. The van der Waals surface area contributed by atoms with Crippen molar-refractivity contribution < 1.29 is 9.96 Å². The zero-order valence-electron chi connectivity index (χ0n) is 2.76. The van der Waals surface area contributed by atoms with Gasteiger partial charge in [0.1, 0.15) is 0 Å². The van der Waals surface area contributed by atoms with E-state index in [1.54, 1.807) is 0 Å². The molecule has 0 bridgehead atoms. The average Bonchev–Trinajstić information content (AvgIpc) is 1.38. The Hall–Kier alpha value is 0.841. The van der Waals surface area contributed by atoms with Gasteiger partial charge in [0.2, 0.25) is 0 Å². The number of rotatable bonds is 0. The molecule has 0 aromatic heterocycles. The third-order valence-corrected chi connectivity index (χ3v) is 1.27. The van der Waals surface area contributed by atoms with Gasteiger partial charge in [-0.2, -0.15) is 0 Å². The van der Waals surface area contributed by atoms with Gasteiger partial charge in [0.05, 0.1) is 0 Å². The summed E-state index contributed by atoms with van der Waals surface area (Å²) in [6, 6.07) is 0. The van der Waals surface area contributed by atoms with Gasteiger partial charge in [0.25, 0.3) is 0 Å². The van der Waals surface area contributed by atoms with E-state index in [0.29, 0.717) is 0 Å². The van der Waals surface area contributed by atoms with E-state index in [9.17, 15) is 4.79 Å². The van der Waals surface area contributed by atoms with Crippen LogP contribution in [0.2, 0.25) is 0 Å². The van der Waals surface area contributed by atoms with E-state index in [1.165, 1.54) is 0 Å². The van der Waals surface area contributed by atoms with Crippen molar-refractivity contribution in [3.63, 3.8) is 0 Å². The van der Waals surface area contributed by atoms with Crippen LogP contribution in [0.5, 0.6) is 0 Å². The van der Waals surface area contributed by atoms with Crippen LogP contribution >= 0.6 is 0 Å². The molecule has 4 heteroatoms. The summed E-state index contributed by atoms with van der Waals surface area (Å²) >= 11 is -0.221.